The molecule has 0 saturated carbocycles. The van der Waals surface area contributed by atoms with Crippen molar-refractivity contribution >= 4 is 45.4 Å². The van der Waals surface area contributed by atoms with Gasteiger partial charge in [-0.2, -0.15) is 26.3 Å². The van der Waals surface area contributed by atoms with Gasteiger partial charge in [0, 0.05) is 60.9 Å². The molecule has 0 aliphatic carbocycles. The zero-order valence-electron chi connectivity index (χ0n) is 36.7. The Morgan fingerprint density at radius 1 is 0.594 bits per heavy atom. The fourth-order valence-electron chi connectivity index (χ4n) is 7.16. The smallest absolute Gasteiger partial charge is 0.390 e. The van der Waals surface area contributed by atoms with Gasteiger partial charge in [-0.15, -0.1) is 0 Å². The van der Waals surface area contributed by atoms with E-state index in [0.717, 1.165) is 0 Å². The highest BCUT2D eigenvalue weighted by Gasteiger charge is 2.28. The first-order valence-corrected chi connectivity index (χ1v) is 20.8. The number of imidazole rings is 2. The lowest BCUT2D eigenvalue weighted by atomic mass is 10.1. The third-order valence-electron chi connectivity index (χ3n) is 10.4. The molecule has 0 unspecified atom stereocenters. The highest BCUT2D eigenvalue weighted by atomic mass is 19.4. The van der Waals surface area contributed by atoms with Gasteiger partial charge in [0.1, 0.15) is 58.3 Å². The molecular formula is C49H40F8N6O6. The standard InChI is InChI=1S/C25H21F4N3O3.C24H19F4N3O3/c1-15-10-17(6-7-20(15)24(33)34-2)32-14-31-23-21(30-9-8-25(27,28)29)12-19(13-22(23)32)35-18-5-3-4-16(26)11-18;1-14-9-16(5-6-19(14)23(32)33)31-13-30-22-20(29-8-7-24(26,27)28)11-18(12-21(22)31)34-17-4-2-3-15(25)10-17/h3-7,10-14,30H,8-9H2,1-2H3;2-6,9-13,29H,7-8H2,1H3,(H,32,33). The van der Waals surface area contributed by atoms with E-state index >= 15 is 0 Å². The number of carbonyl (C=O) groups is 2. The molecule has 0 aliphatic heterocycles. The van der Waals surface area contributed by atoms with Crippen molar-refractivity contribution in [3.05, 3.63) is 156 Å². The second kappa shape index (κ2) is 20.4. The Balaban J connectivity index is 0.000000204. The summed E-state index contributed by atoms with van der Waals surface area (Å²) in [6.07, 6.45) is -7.71. The number of halogens is 8. The maximum Gasteiger partial charge on any atom is 0.390 e. The molecule has 0 fully saturated rings. The minimum absolute atomic E-state index is 0.151. The van der Waals surface area contributed by atoms with Gasteiger partial charge in [0.15, 0.2) is 0 Å². The van der Waals surface area contributed by atoms with Crippen LogP contribution < -0.4 is 20.1 Å². The molecule has 0 aliphatic rings. The molecule has 8 rings (SSSR count). The third kappa shape index (κ3) is 12.2. The van der Waals surface area contributed by atoms with E-state index < -0.39 is 48.8 Å². The summed E-state index contributed by atoms with van der Waals surface area (Å²) in [6.45, 7) is 2.69. The molecule has 2 aromatic heterocycles. The SMILES string of the molecule is COC(=O)c1ccc(-n2cnc3c(NCCC(F)(F)F)cc(Oc4cccc(F)c4)cc32)cc1C.Cc1cc(-n2cnc3c(NCCC(F)(F)F)cc(Oc4cccc(F)c4)cc32)ccc1C(=O)O. The van der Waals surface area contributed by atoms with Crippen molar-refractivity contribution in [2.75, 3.05) is 30.8 Å². The number of hydrogen-bond donors (Lipinski definition) is 3. The number of rotatable bonds is 14. The molecule has 0 spiro atoms. The zero-order valence-corrected chi connectivity index (χ0v) is 36.7. The molecule has 0 radical (unpaired) electrons. The Bertz CT molecular complexity index is 3170. The van der Waals surface area contributed by atoms with Gasteiger partial charge in [-0.25, -0.2) is 28.3 Å². The number of carboxylic acids is 1. The summed E-state index contributed by atoms with van der Waals surface area (Å²) in [4.78, 5) is 32.0. The van der Waals surface area contributed by atoms with Crippen LogP contribution in [0.25, 0.3) is 33.4 Å². The van der Waals surface area contributed by atoms with Gasteiger partial charge in [-0.1, -0.05) is 12.1 Å². The average Bonchev–Trinajstić information content (AvgIpc) is 3.90. The average molecular weight is 961 g/mol. The van der Waals surface area contributed by atoms with Crippen LogP contribution in [0.2, 0.25) is 0 Å². The Labute approximate surface area is 387 Å². The van der Waals surface area contributed by atoms with E-state index in [1.54, 1.807) is 77.6 Å². The van der Waals surface area contributed by atoms with Crippen LogP contribution in [0.15, 0.2) is 122 Å². The molecule has 6 aromatic carbocycles. The van der Waals surface area contributed by atoms with Crippen molar-refractivity contribution in [2.24, 2.45) is 0 Å². The van der Waals surface area contributed by atoms with Crippen molar-refractivity contribution in [3.63, 3.8) is 0 Å². The molecule has 8 aromatic rings. The highest BCUT2D eigenvalue weighted by Crippen LogP contribution is 2.36. The third-order valence-corrected chi connectivity index (χ3v) is 10.4. The second-order valence-electron chi connectivity index (χ2n) is 15.4. The number of carbonyl (C=O) groups excluding carboxylic acids is 1. The lowest BCUT2D eigenvalue weighted by Crippen LogP contribution is -2.14. The number of aryl methyl sites for hydroxylation is 2. The Hall–Kier alpha value is -8.16. The lowest BCUT2D eigenvalue weighted by Gasteiger charge is -2.14. The first-order valence-electron chi connectivity index (χ1n) is 20.8. The van der Waals surface area contributed by atoms with Crippen LogP contribution >= 0.6 is 0 Å². The number of alkyl halides is 6. The number of aromatic nitrogens is 4. The van der Waals surface area contributed by atoms with Crippen LogP contribution in [0, 0.1) is 25.5 Å². The Morgan fingerprint density at radius 3 is 1.41 bits per heavy atom. The number of nitrogens with one attached hydrogen (secondary N) is 2. The number of carboxylic acid groups (broad SMARTS) is 1. The summed E-state index contributed by atoms with van der Waals surface area (Å²) in [6, 6.07) is 27.1. The summed E-state index contributed by atoms with van der Waals surface area (Å²) < 4.78 is 123. The lowest BCUT2D eigenvalue weighted by molar-refractivity contribution is -0.132. The van der Waals surface area contributed by atoms with E-state index in [1.165, 1.54) is 74.4 Å². The molecular weight excluding hydrogens is 921 g/mol. The quantitative estimate of drug-likeness (QED) is 0.0712. The minimum atomic E-state index is -4.33. The predicted octanol–water partition coefficient (Wildman–Crippen LogP) is 12.7. The van der Waals surface area contributed by atoms with Gasteiger partial charge >= 0.3 is 24.3 Å². The maximum atomic E-state index is 13.6. The van der Waals surface area contributed by atoms with Crippen molar-refractivity contribution in [2.45, 2.75) is 39.0 Å². The van der Waals surface area contributed by atoms with Crippen LogP contribution in [0.1, 0.15) is 44.7 Å². The topological polar surface area (TPSA) is 142 Å². The van der Waals surface area contributed by atoms with Gasteiger partial charge in [-0.05, 0) is 85.6 Å². The molecule has 0 amide bonds. The maximum absolute atomic E-state index is 13.6. The molecule has 69 heavy (non-hydrogen) atoms. The number of nitrogens with zero attached hydrogens (tertiary/aromatic N) is 4. The first-order chi connectivity index (χ1) is 32.7. The number of hydrogen-bond acceptors (Lipinski definition) is 9. The van der Waals surface area contributed by atoms with Gasteiger partial charge in [-0.3, -0.25) is 9.13 Å². The second-order valence-corrected chi connectivity index (χ2v) is 15.4. The van der Waals surface area contributed by atoms with E-state index in [4.69, 9.17) is 14.2 Å². The van der Waals surface area contributed by atoms with Crippen LogP contribution in [0.3, 0.4) is 0 Å². The van der Waals surface area contributed by atoms with Gasteiger partial charge in [0.25, 0.3) is 0 Å². The van der Waals surface area contributed by atoms with E-state index in [0.29, 0.717) is 61.5 Å². The van der Waals surface area contributed by atoms with Crippen LogP contribution in [-0.4, -0.2) is 68.7 Å². The number of benzene rings is 6. The normalized spacial score (nSPS) is 11.5. The summed E-state index contributed by atoms with van der Waals surface area (Å²) in [5, 5.41) is 14.8. The largest absolute Gasteiger partial charge is 0.478 e. The minimum Gasteiger partial charge on any atom is -0.478 e. The fourth-order valence-corrected chi connectivity index (χ4v) is 7.16. The van der Waals surface area contributed by atoms with Crippen LogP contribution in [0.4, 0.5) is 46.5 Å². The van der Waals surface area contributed by atoms with Crippen molar-refractivity contribution < 1.29 is 64.0 Å². The molecule has 20 heteroatoms. The van der Waals surface area contributed by atoms with E-state index in [2.05, 4.69) is 20.6 Å². The first kappa shape index (κ1) is 48.8. The van der Waals surface area contributed by atoms with E-state index in [-0.39, 0.29) is 41.7 Å². The molecule has 2 heterocycles. The van der Waals surface area contributed by atoms with Crippen LogP contribution in [-0.2, 0) is 4.74 Å². The highest BCUT2D eigenvalue weighted by molar-refractivity contribution is 5.94. The summed E-state index contributed by atoms with van der Waals surface area (Å²) in [5.74, 6) is -1.52. The van der Waals surface area contributed by atoms with E-state index in [9.17, 15) is 49.8 Å². The molecule has 0 bridgehead atoms. The summed E-state index contributed by atoms with van der Waals surface area (Å²) >= 11 is 0. The molecule has 0 saturated heterocycles. The number of anilines is 2. The molecule has 12 nitrogen and oxygen atoms in total. The monoisotopic (exact) mass is 960 g/mol. The summed E-state index contributed by atoms with van der Waals surface area (Å²) in [7, 11) is 1.30. The number of fused-ring (bicyclic) bond motifs is 2. The van der Waals surface area contributed by atoms with Crippen molar-refractivity contribution in [1.82, 2.24) is 19.1 Å². The molecule has 0 atom stereocenters. The Kier molecular flexibility index (Phi) is 14.4. The van der Waals surface area contributed by atoms with Gasteiger partial charge in [0.2, 0.25) is 0 Å². The molecule has 3 N–H and O–H groups in total. The van der Waals surface area contributed by atoms with Crippen molar-refractivity contribution in [1.29, 1.82) is 0 Å². The number of ether oxygens (including phenoxy) is 3. The van der Waals surface area contributed by atoms with Gasteiger partial charge < -0.3 is 30.0 Å². The summed E-state index contributed by atoms with van der Waals surface area (Å²) in [5.41, 5.74) is 5.55. The van der Waals surface area contributed by atoms with Crippen LogP contribution in [0.5, 0.6) is 23.0 Å². The predicted molar refractivity (Wildman–Crippen MR) is 241 cm³/mol. The number of methoxy groups -OCH3 is 1. The van der Waals surface area contributed by atoms with Crippen molar-refractivity contribution in [3.8, 4) is 34.4 Å². The van der Waals surface area contributed by atoms with E-state index in [1.807, 2.05) is 0 Å². The van der Waals surface area contributed by atoms with Gasteiger partial charge in [0.05, 0.1) is 53.5 Å². The number of aromatic carboxylic acids is 1. The number of esters is 1. The Morgan fingerprint density at radius 2 is 1.03 bits per heavy atom. The molecule has 358 valence electrons. The fraction of sp³-hybridized carbons (Fsp3) is 0.184. The zero-order chi connectivity index (χ0) is 49.6.